The second-order valence-electron chi connectivity index (χ2n) is 9.52. The molecule has 0 amide bonds. The third kappa shape index (κ3) is 4.21. The van der Waals surface area contributed by atoms with Gasteiger partial charge in [0.2, 0.25) is 5.56 Å². The first-order valence-electron chi connectivity index (χ1n) is 11.3. The average molecular weight is 477 g/mol. The van der Waals surface area contributed by atoms with E-state index >= 15 is 0 Å². The van der Waals surface area contributed by atoms with Gasteiger partial charge in [-0.3, -0.25) is 9.69 Å². The van der Waals surface area contributed by atoms with Crippen molar-refractivity contribution in [1.29, 1.82) is 0 Å². The van der Waals surface area contributed by atoms with Crippen LogP contribution in [-0.2, 0) is 16.6 Å². The second kappa shape index (κ2) is 8.48. The van der Waals surface area contributed by atoms with Crippen LogP contribution in [0.5, 0.6) is 0 Å². The van der Waals surface area contributed by atoms with Crippen molar-refractivity contribution in [3.05, 3.63) is 62.2 Å². The summed E-state index contributed by atoms with van der Waals surface area (Å²) >= 11 is 5.86. The molecule has 7 nitrogen and oxygen atoms in total. The highest BCUT2D eigenvalue weighted by Crippen LogP contribution is 2.38. The number of rotatable bonds is 4. The van der Waals surface area contributed by atoms with Crippen LogP contribution in [0.2, 0.25) is 5.02 Å². The standard InChI is InChI=1S/C23H28ClN4O3S/c1-26-10-8-19(9-11-26)27-13-16-12-17(15-27)22-7-6-21(23(29)28(22)14-16)25-32(30,31)20-4-2-18(24)3-5-20/h2-7,16-17,19H,8-15H2,1H3/q-1/p+1/t16-,17+/m0/s1. The zero-order valence-corrected chi connectivity index (χ0v) is 19.8. The number of nitrogens with one attached hydrogen (secondary N) is 1. The summed E-state index contributed by atoms with van der Waals surface area (Å²) in [6.07, 6.45) is 3.56. The molecule has 9 heteroatoms. The topological polar surface area (TPSA) is 77.9 Å². The lowest BCUT2D eigenvalue weighted by Gasteiger charge is -2.47. The highest BCUT2D eigenvalue weighted by Gasteiger charge is 2.38. The van der Waals surface area contributed by atoms with E-state index in [1.54, 1.807) is 15.5 Å². The molecule has 1 N–H and O–H groups in total. The van der Waals surface area contributed by atoms with E-state index < -0.39 is 10.0 Å². The minimum absolute atomic E-state index is 0.0245. The molecular weight excluding hydrogens is 448 g/mol. The third-order valence-electron chi connectivity index (χ3n) is 7.27. The van der Waals surface area contributed by atoms with Gasteiger partial charge in [-0.05, 0) is 42.7 Å². The highest BCUT2D eigenvalue weighted by atomic mass is 35.5. The maximum atomic E-state index is 13.2. The Morgan fingerprint density at radius 1 is 1.03 bits per heavy atom. The molecule has 2 atom stereocenters. The molecule has 1 aromatic heterocycles. The third-order valence-corrected chi connectivity index (χ3v) is 8.82. The molecule has 4 heterocycles. The van der Waals surface area contributed by atoms with E-state index in [2.05, 4.69) is 16.7 Å². The number of sulfonamides is 1. The molecule has 1 aromatic carbocycles. The predicted octanol–water partition coefficient (Wildman–Crippen LogP) is 1.99. The van der Waals surface area contributed by atoms with Crippen molar-refractivity contribution < 1.29 is 13.3 Å². The van der Waals surface area contributed by atoms with Gasteiger partial charge in [0.05, 0.1) is 25.0 Å². The van der Waals surface area contributed by atoms with E-state index in [9.17, 15) is 13.2 Å². The molecule has 0 aliphatic carbocycles. The van der Waals surface area contributed by atoms with Crippen molar-refractivity contribution in [1.82, 2.24) is 9.47 Å². The molecule has 2 saturated heterocycles. The van der Waals surface area contributed by atoms with Crippen LogP contribution < -0.4 is 10.5 Å². The van der Waals surface area contributed by atoms with Crippen LogP contribution in [0.4, 0.5) is 5.69 Å². The summed E-state index contributed by atoms with van der Waals surface area (Å²) in [5.74, 6) is 0.721. The van der Waals surface area contributed by atoms with Crippen LogP contribution in [0.15, 0.2) is 46.1 Å². The highest BCUT2D eigenvalue weighted by molar-refractivity contribution is 7.94. The Bertz CT molecular complexity index is 1160. The minimum atomic E-state index is -3.98. The number of nitrogens with zero attached hydrogens (tertiary/aromatic N) is 3. The SMILES string of the molecule is C[NH+]1CCC(N2C[C@@H]3C[C@H](C2)c2ccc([N-]S(=O)(=O)c4ccc(Cl)cc4)c(=O)n2C3)CC1. The first kappa shape index (κ1) is 21.9. The Hall–Kier alpha value is -1.87. The van der Waals surface area contributed by atoms with E-state index in [0.29, 0.717) is 29.4 Å². The van der Waals surface area contributed by atoms with Gasteiger partial charge in [0, 0.05) is 55.2 Å². The number of piperidine rings is 2. The van der Waals surface area contributed by atoms with Gasteiger partial charge in [0.15, 0.2) is 0 Å². The van der Waals surface area contributed by atoms with Crippen LogP contribution in [0.25, 0.3) is 4.72 Å². The lowest BCUT2D eigenvalue weighted by molar-refractivity contribution is -0.885. The van der Waals surface area contributed by atoms with Gasteiger partial charge in [0.25, 0.3) is 0 Å². The molecule has 0 saturated carbocycles. The number of halogens is 1. The first-order chi connectivity index (χ1) is 15.3. The summed E-state index contributed by atoms with van der Waals surface area (Å²) in [5, 5.41) is 0.444. The fourth-order valence-corrected chi connectivity index (χ4v) is 6.70. The number of pyridine rings is 1. The van der Waals surface area contributed by atoms with Crippen molar-refractivity contribution in [2.45, 2.75) is 42.7 Å². The maximum Gasteiger partial charge on any atom is 0.236 e. The van der Waals surface area contributed by atoms with Crippen molar-refractivity contribution in [2.24, 2.45) is 5.92 Å². The zero-order chi connectivity index (χ0) is 22.5. The molecule has 0 unspecified atom stereocenters. The van der Waals surface area contributed by atoms with Crippen molar-refractivity contribution in [2.75, 3.05) is 33.2 Å². The number of quaternary nitrogens is 1. The van der Waals surface area contributed by atoms with Crippen LogP contribution in [0.1, 0.15) is 30.9 Å². The van der Waals surface area contributed by atoms with Crippen LogP contribution in [0, 0.1) is 5.92 Å². The summed E-state index contributed by atoms with van der Waals surface area (Å²) < 4.78 is 31.0. The normalized spacial score (nSPS) is 28.2. The quantitative estimate of drug-likeness (QED) is 0.732. The smallest absolute Gasteiger partial charge is 0.236 e. The number of hydrogen-bond donors (Lipinski definition) is 1. The predicted molar refractivity (Wildman–Crippen MR) is 124 cm³/mol. The monoisotopic (exact) mass is 476 g/mol. The van der Waals surface area contributed by atoms with Crippen LogP contribution >= 0.6 is 11.6 Å². The summed E-state index contributed by atoms with van der Waals surface area (Å²) in [5.41, 5.74) is 0.669. The van der Waals surface area contributed by atoms with E-state index in [-0.39, 0.29) is 16.1 Å². The van der Waals surface area contributed by atoms with Gasteiger partial charge < -0.3 is 14.2 Å². The molecule has 2 bridgehead atoms. The fourth-order valence-electron chi connectivity index (χ4n) is 5.59. The molecule has 2 fully saturated rings. The molecule has 3 aliphatic heterocycles. The zero-order valence-electron chi connectivity index (χ0n) is 18.2. The number of aromatic nitrogens is 1. The van der Waals surface area contributed by atoms with Crippen molar-refractivity contribution in [3.63, 3.8) is 0 Å². The van der Waals surface area contributed by atoms with Gasteiger partial charge in [-0.25, -0.2) is 8.42 Å². The summed E-state index contributed by atoms with van der Waals surface area (Å²) in [6.45, 7) is 5.05. The molecule has 32 heavy (non-hydrogen) atoms. The fraction of sp³-hybridized carbons (Fsp3) is 0.522. The molecule has 0 radical (unpaired) electrons. The number of benzene rings is 1. The molecule has 5 rings (SSSR count). The number of hydrogen-bond acceptors (Lipinski definition) is 4. The summed E-state index contributed by atoms with van der Waals surface area (Å²) in [6, 6.07) is 9.92. The molecule has 172 valence electrons. The first-order valence-corrected chi connectivity index (χ1v) is 13.1. The molecular formula is C23H29ClN4O3S. The summed E-state index contributed by atoms with van der Waals surface area (Å²) in [4.78, 5) is 17.5. The molecule has 0 spiro atoms. The van der Waals surface area contributed by atoms with Gasteiger partial charge in [-0.1, -0.05) is 23.4 Å². The van der Waals surface area contributed by atoms with E-state index in [0.717, 1.165) is 25.2 Å². The van der Waals surface area contributed by atoms with E-state index in [4.69, 9.17) is 11.6 Å². The number of likely N-dealkylation sites (tertiary alicyclic amines) is 2. The Balaban J connectivity index is 1.37. The van der Waals surface area contributed by atoms with Gasteiger partial charge in [0.1, 0.15) is 10.0 Å². The number of fused-ring (bicyclic) bond motifs is 4. The molecule has 3 aliphatic rings. The van der Waals surface area contributed by atoms with Gasteiger partial charge in [-0.2, -0.15) is 0 Å². The van der Waals surface area contributed by atoms with E-state index in [1.807, 2.05) is 6.07 Å². The van der Waals surface area contributed by atoms with Crippen LogP contribution in [0.3, 0.4) is 0 Å². The van der Waals surface area contributed by atoms with Gasteiger partial charge in [-0.15, -0.1) is 0 Å². The lowest BCUT2D eigenvalue weighted by Crippen LogP contribution is -3.10. The Labute approximate surface area is 194 Å². The Kier molecular flexibility index (Phi) is 5.82. The maximum absolute atomic E-state index is 13.2. The average Bonchev–Trinajstić information content (AvgIpc) is 2.76. The lowest BCUT2D eigenvalue weighted by atomic mass is 9.82. The van der Waals surface area contributed by atoms with E-state index in [1.165, 1.54) is 50.2 Å². The largest absolute Gasteiger partial charge is 0.568 e. The second-order valence-corrected chi connectivity index (χ2v) is 11.6. The summed E-state index contributed by atoms with van der Waals surface area (Å²) in [7, 11) is -1.72. The Morgan fingerprint density at radius 2 is 1.75 bits per heavy atom. The van der Waals surface area contributed by atoms with Crippen molar-refractivity contribution >= 4 is 27.3 Å². The van der Waals surface area contributed by atoms with Crippen molar-refractivity contribution in [3.8, 4) is 0 Å². The molecule has 2 aromatic rings. The minimum Gasteiger partial charge on any atom is -0.568 e. The Morgan fingerprint density at radius 3 is 2.47 bits per heavy atom. The van der Waals surface area contributed by atoms with Gasteiger partial charge >= 0.3 is 0 Å². The van der Waals surface area contributed by atoms with Crippen LogP contribution in [-0.4, -0.2) is 57.2 Å².